The van der Waals surface area contributed by atoms with Crippen molar-refractivity contribution in [3.8, 4) is 5.75 Å². The number of alkyl halides is 3. The Morgan fingerprint density at radius 1 is 1.21 bits per heavy atom. The van der Waals surface area contributed by atoms with E-state index < -0.39 is 47.0 Å². The molecule has 0 bridgehead atoms. The zero-order valence-corrected chi connectivity index (χ0v) is 13.6. The van der Waals surface area contributed by atoms with Crippen LogP contribution in [-0.4, -0.2) is 25.2 Å². The minimum Gasteiger partial charge on any atom is -0.491 e. The molecule has 1 amide bonds. The van der Waals surface area contributed by atoms with E-state index >= 15 is 0 Å². The van der Waals surface area contributed by atoms with Crippen LogP contribution >= 0.6 is 0 Å². The second-order valence-corrected chi connectivity index (χ2v) is 5.40. The van der Waals surface area contributed by atoms with Crippen LogP contribution in [0.1, 0.15) is 43.5 Å². The first-order valence-corrected chi connectivity index (χ1v) is 7.56. The fourth-order valence-electron chi connectivity index (χ4n) is 2.53. The number of ether oxygens (including phenoxy) is 1. The second kappa shape index (κ2) is 8.30. The molecule has 8 heteroatoms. The molecule has 1 aromatic carbocycles. The lowest BCUT2D eigenvalue weighted by Gasteiger charge is -2.29. The zero-order valence-electron chi connectivity index (χ0n) is 13.6. The highest BCUT2D eigenvalue weighted by Gasteiger charge is 2.43. The Morgan fingerprint density at radius 2 is 1.75 bits per heavy atom. The smallest absolute Gasteiger partial charge is 0.393 e. The maximum atomic E-state index is 13.6. The van der Waals surface area contributed by atoms with Crippen LogP contribution in [0, 0.1) is 17.6 Å². The normalized spacial score (nSPS) is 14.2. The first kappa shape index (κ1) is 20.2. The van der Waals surface area contributed by atoms with Crippen molar-refractivity contribution in [1.82, 2.24) is 5.32 Å². The summed E-state index contributed by atoms with van der Waals surface area (Å²) in [5.41, 5.74) is -0.401. The molecule has 1 rings (SSSR count). The minimum atomic E-state index is -4.47. The number of nitrogens with one attached hydrogen (secondary N) is 1. The van der Waals surface area contributed by atoms with E-state index in [1.54, 1.807) is 6.92 Å². The van der Waals surface area contributed by atoms with Gasteiger partial charge in [0.15, 0.2) is 17.4 Å². The lowest BCUT2D eigenvalue weighted by molar-refractivity contribution is -0.183. The van der Waals surface area contributed by atoms with Crippen molar-refractivity contribution in [2.45, 2.75) is 45.3 Å². The molecule has 0 saturated carbocycles. The number of methoxy groups -OCH3 is 1. The van der Waals surface area contributed by atoms with Crippen molar-refractivity contribution in [2.75, 3.05) is 7.11 Å². The highest BCUT2D eigenvalue weighted by molar-refractivity contribution is 5.94. The van der Waals surface area contributed by atoms with E-state index in [2.05, 4.69) is 10.1 Å². The third-order valence-electron chi connectivity index (χ3n) is 3.73. The molecule has 1 aromatic rings. The fraction of sp³-hybridized carbons (Fsp3) is 0.562. The average molecular weight is 353 g/mol. The first-order chi connectivity index (χ1) is 11.1. The SMILES string of the molecule is CCCC(C(CC)NC(=O)c1cc(F)c(OC)c(F)c1)C(F)(F)F. The van der Waals surface area contributed by atoms with Crippen molar-refractivity contribution in [1.29, 1.82) is 0 Å². The fourth-order valence-corrected chi connectivity index (χ4v) is 2.53. The molecule has 1 N–H and O–H groups in total. The third-order valence-corrected chi connectivity index (χ3v) is 3.73. The maximum Gasteiger partial charge on any atom is 0.393 e. The van der Waals surface area contributed by atoms with Gasteiger partial charge in [0.2, 0.25) is 0 Å². The number of carbonyl (C=O) groups excluding carboxylic acids is 1. The van der Waals surface area contributed by atoms with E-state index in [-0.39, 0.29) is 12.8 Å². The molecule has 2 atom stereocenters. The Morgan fingerprint density at radius 3 is 2.12 bits per heavy atom. The van der Waals surface area contributed by atoms with Crippen LogP contribution < -0.4 is 10.1 Å². The van der Waals surface area contributed by atoms with Gasteiger partial charge in [0, 0.05) is 11.6 Å². The standard InChI is InChI=1S/C16H20F5NO2/c1-4-6-10(16(19,20)21)13(5-2)22-15(23)9-7-11(17)14(24-3)12(18)8-9/h7-8,10,13H,4-6H2,1-3H3,(H,22,23). The van der Waals surface area contributed by atoms with Gasteiger partial charge in [-0.15, -0.1) is 0 Å². The van der Waals surface area contributed by atoms with Gasteiger partial charge in [-0.1, -0.05) is 20.3 Å². The Balaban J connectivity index is 3.02. The van der Waals surface area contributed by atoms with Gasteiger partial charge in [-0.3, -0.25) is 4.79 Å². The van der Waals surface area contributed by atoms with Gasteiger partial charge in [0.1, 0.15) is 0 Å². The van der Waals surface area contributed by atoms with Crippen LogP contribution in [0.15, 0.2) is 12.1 Å². The molecule has 0 saturated heterocycles. The van der Waals surface area contributed by atoms with Gasteiger partial charge in [-0.25, -0.2) is 8.78 Å². The van der Waals surface area contributed by atoms with E-state index in [1.165, 1.54) is 6.92 Å². The summed E-state index contributed by atoms with van der Waals surface area (Å²) in [6.07, 6.45) is -4.28. The van der Waals surface area contributed by atoms with E-state index in [0.717, 1.165) is 19.2 Å². The summed E-state index contributed by atoms with van der Waals surface area (Å²) in [6, 6.07) is 0.282. The molecule has 0 fully saturated rings. The lowest BCUT2D eigenvalue weighted by atomic mass is 9.92. The van der Waals surface area contributed by atoms with E-state index in [0.29, 0.717) is 6.42 Å². The molecule has 2 unspecified atom stereocenters. The topological polar surface area (TPSA) is 38.3 Å². The zero-order chi connectivity index (χ0) is 18.5. The van der Waals surface area contributed by atoms with Gasteiger partial charge in [0.25, 0.3) is 5.91 Å². The molecular formula is C16H20F5NO2. The second-order valence-electron chi connectivity index (χ2n) is 5.40. The van der Waals surface area contributed by atoms with Crippen LogP contribution in [0.3, 0.4) is 0 Å². The summed E-state index contributed by atoms with van der Waals surface area (Å²) in [4.78, 5) is 12.1. The Labute approximate surface area is 137 Å². The maximum absolute atomic E-state index is 13.6. The highest BCUT2D eigenvalue weighted by atomic mass is 19.4. The first-order valence-electron chi connectivity index (χ1n) is 7.56. The molecular weight excluding hydrogens is 333 g/mol. The summed E-state index contributed by atoms with van der Waals surface area (Å²) < 4.78 is 71.2. The van der Waals surface area contributed by atoms with E-state index in [1.807, 2.05) is 0 Å². The van der Waals surface area contributed by atoms with Crippen molar-refractivity contribution in [2.24, 2.45) is 5.92 Å². The predicted molar refractivity (Wildman–Crippen MR) is 78.9 cm³/mol. The largest absolute Gasteiger partial charge is 0.491 e. The number of carbonyl (C=O) groups is 1. The molecule has 3 nitrogen and oxygen atoms in total. The van der Waals surface area contributed by atoms with Gasteiger partial charge < -0.3 is 10.1 Å². The molecule has 0 radical (unpaired) electrons. The minimum absolute atomic E-state index is 0.0387. The number of benzene rings is 1. The Hall–Kier alpha value is -1.86. The molecule has 136 valence electrons. The van der Waals surface area contributed by atoms with Crippen LogP contribution in [0.2, 0.25) is 0 Å². The predicted octanol–water partition coefficient (Wildman–Crippen LogP) is 4.46. The van der Waals surface area contributed by atoms with Gasteiger partial charge in [0.05, 0.1) is 13.0 Å². The summed E-state index contributed by atoms with van der Waals surface area (Å²) in [5, 5.41) is 2.23. The molecule has 0 aliphatic carbocycles. The number of halogens is 5. The Kier molecular flexibility index (Phi) is 6.98. The quantitative estimate of drug-likeness (QED) is 0.735. The summed E-state index contributed by atoms with van der Waals surface area (Å²) in [5.74, 6) is -5.54. The number of rotatable bonds is 7. The molecule has 0 aromatic heterocycles. The number of amides is 1. The van der Waals surface area contributed by atoms with Crippen LogP contribution in [0.5, 0.6) is 5.75 Å². The van der Waals surface area contributed by atoms with Gasteiger partial charge in [-0.05, 0) is 25.0 Å². The van der Waals surface area contributed by atoms with Crippen LogP contribution in [-0.2, 0) is 0 Å². The Bertz CT molecular complexity index is 551. The van der Waals surface area contributed by atoms with E-state index in [4.69, 9.17) is 0 Å². The summed E-state index contributed by atoms with van der Waals surface area (Å²) >= 11 is 0. The lowest BCUT2D eigenvalue weighted by Crippen LogP contribution is -2.45. The highest BCUT2D eigenvalue weighted by Crippen LogP contribution is 2.33. The van der Waals surface area contributed by atoms with Crippen molar-refractivity contribution in [3.63, 3.8) is 0 Å². The molecule has 0 aliphatic rings. The molecule has 0 heterocycles. The van der Waals surface area contributed by atoms with E-state index in [9.17, 15) is 26.7 Å². The number of hydrogen-bond acceptors (Lipinski definition) is 2. The molecule has 0 aliphatic heterocycles. The van der Waals surface area contributed by atoms with Crippen LogP contribution in [0.25, 0.3) is 0 Å². The molecule has 0 spiro atoms. The third kappa shape index (κ3) is 4.82. The van der Waals surface area contributed by atoms with Gasteiger partial charge in [-0.2, -0.15) is 13.2 Å². The average Bonchev–Trinajstić information content (AvgIpc) is 2.49. The van der Waals surface area contributed by atoms with Crippen LogP contribution in [0.4, 0.5) is 22.0 Å². The van der Waals surface area contributed by atoms with Gasteiger partial charge >= 0.3 is 6.18 Å². The van der Waals surface area contributed by atoms with Crippen molar-refractivity contribution in [3.05, 3.63) is 29.3 Å². The monoisotopic (exact) mass is 353 g/mol. The summed E-state index contributed by atoms with van der Waals surface area (Å²) in [6.45, 7) is 3.12. The number of hydrogen-bond donors (Lipinski definition) is 1. The summed E-state index contributed by atoms with van der Waals surface area (Å²) in [7, 11) is 1.06. The van der Waals surface area contributed by atoms with Crippen molar-refractivity contribution >= 4 is 5.91 Å². The molecule has 24 heavy (non-hydrogen) atoms. The van der Waals surface area contributed by atoms with Crippen molar-refractivity contribution < 1.29 is 31.5 Å².